The van der Waals surface area contributed by atoms with Crippen LogP contribution in [0.1, 0.15) is 5.56 Å². The van der Waals surface area contributed by atoms with Crippen molar-refractivity contribution in [1.82, 2.24) is 14.8 Å². The van der Waals surface area contributed by atoms with E-state index in [1.54, 1.807) is 42.2 Å². The first-order valence-electron chi connectivity index (χ1n) is 6.52. The number of nitrogens with one attached hydrogen (secondary N) is 1. The average molecular weight is 294 g/mol. The van der Waals surface area contributed by atoms with E-state index in [0.29, 0.717) is 22.5 Å². The molecule has 5 nitrogen and oxygen atoms in total. The lowest BCUT2D eigenvalue weighted by Gasteiger charge is -2.06. The zero-order valence-corrected chi connectivity index (χ0v) is 11.7. The topological polar surface area (TPSA) is 74.5 Å². The molecule has 1 N–H and O–H groups in total. The highest BCUT2D eigenvalue weighted by molar-refractivity contribution is 5.72. The lowest BCUT2D eigenvalue weighted by Crippen LogP contribution is -2.12. The maximum Gasteiger partial charge on any atom is 0.267 e. The van der Waals surface area contributed by atoms with E-state index >= 15 is 0 Å². The van der Waals surface area contributed by atoms with Crippen molar-refractivity contribution in [2.24, 2.45) is 7.05 Å². The zero-order valence-electron chi connectivity index (χ0n) is 11.7. The lowest BCUT2D eigenvalue weighted by atomic mass is 10.0. The van der Waals surface area contributed by atoms with Crippen LogP contribution in [0.3, 0.4) is 0 Å². The number of nitrogens with zero attached hydrogens (tertiary/aromatic N) is 3. The number of hydrogen-bond acceptors (Lipinski definition) is 3. The van der Waals surface area contributed by atoms with Gasteiger partial charge in [0.2, 0.25) is 0 Å². The SMILES string of the molecule is Cn1ccc(-c2cc(-c3ccc(F)cc3)[nH]c(=O)c2C#N)n1. The van der Waals surface area contributed by atoms with Crippen LogP contribution < -0.4 is 5.56 Å². The molecule has 0 bridgehead atoms. The molecule has 0 aliphatic carbocycles. The van der Waals surface area contributed by atoms with Crippen LogP contribution in [0.25, 0.3) is 22.5 Å². The normalized spacial score (nSPS) is 10.4. The largest absolute Gasteiger partial charge is 0.321 e. The van der Waals surface area contributed by atoms with Gasteiger partial charge in [-0.3, -0.25) is 9.48 Å². The highest BCUT2D eigenvalue weighted by atomic mass is 19.1. The Balaban J connectivity index is 2.23. The van der Waals surface area contributed by atoms with E-state index in [-0.39, 0.29) is 11.4 Å². The number of aromatic amines is 1. The second kappa shape index (κ2) is 5.30. The van der Waals surface area contributed by atoms with Crippen molar-refractivity contribution >= 4 is 0 Å². The summed E-state index contributed by atoms with van der Waals surface area (Å²) in [7, 11) is 1.75. The van der Waals surface area contributed by atoms with Crippen LogP contribution in [0.15, 0.2) is 47.4 Å². The summed E-state index contributed by atoms with van der Waals surface area (Å²) in [5.41, 5.74) is 1.65. The van der Waals surface area contributed by atoms with Crippen LogP contribution in [0, 0.1) is 17.1 Å². The van der Waals surface area contributed by atoms with E-state index in [0.717, 1.165) is 0 Å². The van der Waals surface area contributed by atoms with Gasteiger partial charge in [0.15, 0.2) is 0 Å². The van der Waals surface area contributed by atoms with E-state index in [1.165, 1.54) is 12.1 Å². The molecule has 0 saturated heterocycles. The maximum atomic E-state index is 13.0. The Morgan fingerprint density at radius 1 is 1.27 bits per heavy atom. The molecule has 1 aromatic carbocycles. The van der Waals surface area contributed by atoms with Crippen molar-refractivity contribution in [2.75, 3.05) is 0 Å². The van der Waals surface area contributed by atoms with Gasteiger partial charge >= 0.3 is 0 Å². The third kappa shape index (κ3) is 2.40. The third-order valence-electron chi connectivity index (χ3n) is 3.29. The average Bonchev–Trinajstić information content (AvgIpc) is 2.93. The van der Waals surface area contributed by atoms with Gasteiger partial charge in [-0.25, -0.2) is 4.39 Å². The molecule has 3 rings (SSSR count). The minimum absolute atomic E-state index is 0.00422. The number of nitriles is 1. The number of aromatic nitrogens is 3. The summed E-state index contributed by atoms with van der Waals surface area (Å²) < 4.78 is 14.6. The van der Waals surface area contributed by atoms with Crippen molar-refractivity contribution in [2.45, 2.75) is 0 Å². The third-order valence-corrected chi connectivity index (χ3v) is 3.29. The molecule has 0 spiro atoms. The van der Waals surface area contributed by atoms with Crippen LogP contribution in [0.2, 0.25) is 0 Å². The first kappa shape index (κ1) is 13.8. The lowest BCUT2D eigenvalue weighted by molar-refractivity contribution is 0.628. The van der Waals surface area contributed by atoms with Crippen LogP contribution in [-0.2, 0) is 7.05 Å². The molecule has 2 heterocycles. The zero-order chi connectivity index (χ0) is 15.7. The standard InChI is InChI=1S/C16H11FN4O/c1-21-7-6-14(20-21)12-8-15(19-16(22)13(12)9-18)10-2-4-11(17)5-3-10/h2-8H,1H3,(H,19,22). The highest BCUT2D eigenvalue weighted by Crippen LogP contribution is 2.24. The Morgan fingerprint density at radius 3 is 2.59 bits per heavy atom. The van der Waals surface area contributed by atoms with Gasteiger partial charge in [-0.1, -0.05) is 0 Å². The summed E-state index contributed by atoms with van der Waals surface area (Å²) in [6.07, 6.45) is 1.73. The van der Waals surface area contributed by atoms with Gasteiger partial charge in [-0.15, -0.1) is 0 Å². The van der Waals surface area contributed by atoms with Crippen molar-refractivity contribution in [3.8, 4) is 28.6 Å². The van der Waals surface area contributed by atoms with Crippen molar-refractivity contribution < 1.29 is 4.39 Å². The first-order valence-corrected chi connectivity index (χ1v) is 6.52. The molecule has 6 heteroatoms. The van der Waals surface area contributed by atoms with Gasteiger partial charge in [0.05, 0.1) is 5.69 Å². The molecule has 0 radical (unpaired) electrons. The summed E-state index contributed by atoms with van der Waals surface area (Å²) >= 11 is 0. The molecular formula is C16H11FN4O. The minimum Gasteiger partial charge on any atom is -0.321 e. The van der Waals surface area contributed by atoms with E-state index in [1.807, 2.05) is 6.07 Å². The molecule has 0 atom stereocenters. The Hall–Kier alpha value is -3.20. The van der Waals surface area contributed by atoms with Gasteiger partial charge in [-0.05, 0) is 42.0 Å². The minimum atomic E-state index is -0.495. The first-order chi connectivity index (χ1) is 10.6. The Kier molecular flexibility index (Phi) is 3.31. The molecule has 0 aliphatic heterocycles. The number of halogens is 1. The molecule has 22 heavy (non-hydrogen) atoms. The van der Waals surface area contributed by atoms with Crippen molar-refractivity contribution in [3.63, 3.8) is 0 Å². The van der Waals surface area contributed by atoms with E-state index in [4.69, 9.17) is 0 Å². The molecule has 0 saturated carbocycles. The van der Waals surface area contributed by atoms with Crippen molar-refractivity contribution in [3.05, 3.63) is 64.3 Å². The quantitative estimate of drug-likeness (QED) is 0.789. The molecule has 3 aromatic rings. The number of pyridine rings is 1. The van der Waals surface area contributed by atoms with Crippen LogP contribution in [0.5, 0.6) is 0 Å². The molecule has 0 unspecified atom stereocenters. The number of benzene rings is 1. The number of H-pyrrole nitrogens is 1. The fourth-order valence-electron chi connectivity index (χ4n) is 2.22. The summed E-state index contributed by atoms with van der Waals surface area (Å²) in [4.78, 5) is 14.8. The summed E-state index contributed by atoms with van der Waals surface area (Å²) in [6, 6.07) is 11.1. The highest BCUT2D eigenvalue weighted by Gasteiger charge is 2.14. The monoisotopic (exact) mass is 294 g/mol. The number of aryl methyl sites for hydroxylation is 1. The Bertz CT molecular complexity index is 932. The maximum absolute atomic E-state index is 13.0. The Morgan fingerprint density at radius 2 is 2.00 bits per heavy atom. The predicted octanol–water partition coefficient (Wildman–Crippen LogP) is 2.45. The summed E-state index contributed by atoms with van der Waals surface area (Å²) in [6.45, 7) is 0. The van der Waals surface area contributed by atoms with Gasteiger partial charge in [0.1, 0.15) is 17.4 Å². The molecular weight excluding hydrogens is 283 g/mol. The van der Waals surface area contributed by atoms with E-state index < -0.39 is 5.56 Å². The van der Waals surface area contributed by atoms with Gasteiger partial charge in [0, 0.05) is 24.5 Å². The fraction of sp³-hybridized carbons (Fsp3) is 0.0625. The molecule has 0 aliphatic rings. The van der Waals surface area contributed by atoms with Crippen LogP contribution in [0.4, 0.5) is 4.39 Å². The van der Waals surface area contributed by atoms with Crippen molar-refractivity contribution in [1.29, 1.82) is 5.26 Å². The smallest absolute Gasteiger partial charge is 0.267 e. The Labute approximate surface area is 125 Å². The van der Waals surface area contributed by atoms with E-state index in [2.05, 4.69) is 10.1 Å². The van der Waals surface area contributed by atoms with E-state index in [9.17, 15) is 14.4 Å². The fourth-order valence-corrected chi connectivity index (χ4v) is 2.22. The van der Waals surface area contributed by atoms with Crippen LogP contribution >= 0.6 is 0 Å². The number of rotatable bonds is 2. The predicted molar refractivity (Wildman–Crippen MR) is 79.4 cm³/mol. The second-order valence-corrected chi connectivity index (χ2v) is 4.79. The molecule has 0 fully saturated rings. The second-order valence-electron chi connectivity index (χ2n) is 4.79. The molecule has 2 aromatic heterocycles. The number of hydrogen-bond donors (Lipinski definition) is 1. The van der Waals surface area contributed by atoms with Gasteiger partial charge in [0.25, 0.3) is 5.56 Å². The van der Waals surface area contributed by atoms with Gasteiger partial charge < -0.3 is 4.98 Å². The molecule has 0 amide bonds. The summed E-state index contributed by atoms with van der Waals surface area (Å²) in [5, 5.41) is 13.4. The summed E-state index contributed by atoms with van der Waals surface area (Å²) in [5.74, 6) is -0.357. The van der Waals surface area contributed by atoms with Gasteiger partial charge in [-0.2, -0.15) is 10.4 Å². The van der Waals surface area contributed by atoms with Crippen LogP contribution in [-0.4, -0.2) is 14.8 Å². The molecule has 108 valence electrons.